The van der Waals surface area contributed by atoms with Crippen LogP contribution in [0.1, 0.15) is 41.6 Å². The lowest BCUT2D eigenvalue weighted by molar-refractivity contribution is -0.119. The maximum Gasteiger partial charge on any atom is 0.340 e. The fraction of sp³-hybridized carbons (Fsp3) is 0.333. The summed E-state index contributed by atoms with van der Waals surface area (Å²) in [5.41, 5.74) is 2.66. The van der Waals surface area contributed by atoms with E-state index in [0.29, 0.717) is 21.3 Å². The number of benzene rings is 1. The van der Waals surface area contributed by atoms with E-state index >= 15 is 0 Å². The highest BCUT2D eigenvalue weighted by Crippen LogP contribution is 2.25. The molecule has 0 radical (unpaired) electrons. The molecule has 1 heterocycles. The van der Waals surface area contributed by atoms with E-state index in [1.54, 1.807) is 18.2 Å². The van der Waals surface area contributed by atoms with Crippen molar-refractivity contribution in [3.05, 3.63) is 51.3 Å². The largest absolute Gasteiger partial charge is 0.452 e. The Morgan fingerprint density at radius 3 is 2.44 bits per heavy atom. The summed E-state index contributed by atoms with van der Waals surface area (Å²) in [6, 6.07) is 6.71. The van der Waals surface area contributed by atoms with Crippen LogP contribution in [0.3, 0.4) is 0 Å². The minimum absolute atomic E-state index is 0.233. The third-order valence-electron chi connectivity index (χ3n) is 3.76. The minimum atomic E-state index is -0.530. The number of carbonyl (C=O) groups is 2. The van der Waals surface area contributed by atoms with Crippen molar-refractivity contribution >= 4 is 40.8 Å². The maximum atomic E-state index is 12.3. The van der Waals surface area contributed by atoms with Crippen LogP contribution in [0.4, 0.5) is 5.69 Å². The van der Waals surface area contributed by atoms with Crippen LogP contribution in [0, 0.1) is 13.8 Å². The molecular weight excluding hydrogens is 363 g/mol. The molecule has 5 nitrogen and oxygen atoms in total. The molecular formula is C18H20Cl2N2O3. The number of amides is 1. The fourth-order valence-electron chi connectivity index (χ4n) is 2.76. The number of hydrogen-bond acceptors (Lipinski definition) is 3. The molecule has 0 fully saturated rings. The van der Waals surface area contributed by atoms with Gasteiger partial charge in [-0.1, -0.05) is 23.2 Å². The summed E-state index contributed by atoms with van der Waals surface area (Å²) in [7, 11) is 0. The van der Waals surface area contributed by atoms with E-state index in [9.17, 15) is 9.59 Å². The summed E-state index contributed by atoms with van der Waals surface area (Å²) < 4.78 is 7.17. The Labute approximate surface area is 156 Å². The van der Waals surface area contributed by atoms with Gasteiger partial charge in [0, 0.05) is 22.5 Å². The van der Waals surface area contributed by atoms with E-state index in [2.05, 4.69) is 5.32 Å². The Morgan fingerprint density at radius 1 is 1.20 bits per heavy atom. The molecule has 0 aliphatic rings. The van der Waals surface area contributed by atoms with E-state index in [4.69, 9.17) is 27.9 Å². The van der Waals surface area contributed by atoms with Crippen molar-refractivity contribution in [2.75, 3.05) is 11.9 Å². The topological polar surface area (TPSA) is 60.3 Å². The summed E-state index contributed by atoms with van der Waals surface area (Å²) in [6.07, 6.45) is 0. The molecule has 1 aromatic carbocycles. The number of aromatic nitrogens is 1. The van der Waals surface area contributed by atoms with Crippen LogP contribution < -0.4 is 5.32 Å². The molecule has 0 unspecified atom stereocenters. The Kier molecular flexibility index (Phi) is 6.14. The van der Waals surface area contributed by atoms with Gasteiger partial charge >= 0.3 is 5.97 Å². The predicted octanol–water partition coefficient (Wildman–Crippen LogP) is 4.79. The zero-order valence-corrected chi connectivity index (χ0v) is 16.0. The van der Waals surface area contributed by atoms with Crippen LogP contribution in [-0.4, -0.2) is 23.1 Å². The maximum absolute atomic E-state index is 12.3. The molecule has 0 saturated carbocycles. The minimum Gasteiger partial charge on any atom is -0.452 e. The van der Waals surface area contributed by atoms with E-state index in [-0.39, 0.29) is 6.04 Å². The van der Waals surface area contributed by atoms with Gasteiger partial charge in [0.25, 0.3) is 5.91 Å². The molecule has 134 valence electrons. The molecule has 1 aromatic heterocycles. The number of aryl methyl sites for hydroxylation is 1. The number of hydrogen-bond donors (Lipinski definition) is 1. The van der Waals surface area contributed by atoms with Crippen LogP contribution in [-0.2, 0) is 9.53 Å². The lowest BCUT2D eigenvalue weighted by Crippen LogP contribution is -2.21. The second-order valence-corrected chi connectivity index (χ2v) is 6.84. The summed E-state index contributed by atoms with van der Waals surface area (Å²) in [6.45, 7) is 7.47. The fourth-order valence-corrected chi connectivity index (χ4v) is 3.22. The Morgan fingerprint density at radius 2 is 1.88 bits per heavy atom. The number of anilines is 1. The SMILES string of the molecule is Cc1cc(C(=O)OCC(=O)Nc2ccc(Cl)cc2Cl)c(C)n1C(C)C. The molecule has 25 heavy (non-hydrogen) atoms. The number of rotatable bonds is 5. The van der Waals surface area contributed by atoms with Crippen molar-refractivity contribution < 1.29 is 14.3 Å². The van der Waals surface area contributed by atoms with Gasteiger partial charge in [-0.05, 0) is 52.0 Å². The lowest BCUT2D eigenvalue weighted by atomic mass is 10.2. The molecule has 2 rings (SSSR count). The van der Waals surface area contributed by atoms with Crippen LogP contribution in [0.25, 0.3) is 0 Å². The van der Waals surface area contributed by atoms with Crippen molar-refractivity contribution in [2.45, 2.75) is 33.7 Å². The highest BCUT2D eigenvalue weighted by Gasteiger charge is 2.19. The zero-order chi connectivity index (χ0) is 18.7. The first-order valence-electron chi connectivity index (χ1n) is 7.81. The molecule has 2 aromatic rings. The molecule has 0 spiro atoms. The number of esters is 1. The lowest BCUT2D eigenvalue weighted by Gasteiger charge is -2.13. The highest BCUT2D eigenvalue weighted by molar-refractivity contribution is 6.36. The summed E-state index contributed by atoms with van der Waals surface area (Å²) in [5, 5.41) is 3.36. The monoisotopic (exact) mass is 382 g/mol. The van der Waals surface area contributed by atoms with Crippen molar-refractivity contribution in [2.24, 2.45) is 0 Å². The first kappa shape index (κ1) is 19.3. The van der Waals surface area contributed by atoms with Gasteiger partial charge in [0.05, 0.1) is 16.3 Å². The Balaban J connectivity index is 2.00. The van der Waals surface area contributed by atoms with Crippen molar-refractivity contribution in [1.29, 1.82) is 0 Å². The second kappa shape index (κ2) is 7.93. The van der Waals surface area contributed by atoms with Crippen LogP contribution in [0.2, 0.25) is 10.0 Å². The molecule has 1 amide bonds. The quantitative estimate of drug-likeness (QED) is 0.756. The van der Waals surface area contributed by atoms with Gasteiger partial charge in [-0.3, -0.25) is 4.79 Å². The Hall–Kier alpha value is -1.98. The number of halogens is 2. The van der Waals surface area contributed by atoms with E-state index in [1.165, 1.54) is 6.07 Å². The first-order chi connectivity index (χ1) is 11.7. The van der Waals surface area contributed by atoms with Gasteiger partial charge < -0.3 is 14.6 Å². The molecule has 0 saturated heterocycles. The number of ether oxygens (including phenoxy) is 1. The molecule has 1 N–H and O–H groups in total. The number of carbonyl (C=O) groups excluding carboxylic acids is 2. The molecule has 0 bridgehead atoms. The summed E-state index contributed by atoms with van der Waals surface area (Å²) >= 11 is 11.8. The summed E-state index contributed by atoms with van der Waals surface area (Å²) in [5.74, 6) is -1.01. The molecule has 0 atom stereocenters. The van der Waals surface area contributed by atoms with Gasteiger partial charge in [0.2, 0.25) is 0 Å². The van der Waals surface area contributed by atoms with Gasteiger partial charge in [-0.25, -0.2) is 4.79 Å². The van der Waals surface area contributed by atoms with Crippen molar-refractivity contribution in [3.8, 4) is 0 Å². The number of nitrogens with zero attached hydrogens (tertiary/aromatic N) is 1. The standard InChI is InChI=1S/C18H20Cl2N2O3/c1-10(2)22-11(3)7-14(12(22)4)18(24)25-9-17(23)21-16-6-5-13(19)8-15(16)20/h5-8,10H,9H2,1-4H3,(H,21,23). The molecule has 0 aliphatic heterocycles. The van der Waals surface area contributed by atoms with Gasteiger partial charge in [0.15, 0.2) is 6.61 Å². The number of nitrogens with one attached hydrogen (secondary N) is 1. The van der Waals surface area contributed by atoms with Crippen LogP contribution in [0.5, 0.6) is 0 Å². The van der Waals surface area contributed by atoms with E-state index in [0.717, 1.165) is 11.4 Å². The molecule has 7 heteroatoms. The third kappa shape index (κ3) is 4.55. The first-order valence-corrected chi connectivity index (χ1v) is 8.56. The highest BCUT2D eigenvalue weighted by atomic mass is 35.5. The predicted molar refractivity (Wildman–Crippen MR) is 99.7 cm³/mol. The van der Waals surface area contributed by atoms with E-state index < -0.39 is 18.5 Å². The van der Waals surface area contributed by atoms with Crippen LogP contribution in [0.15, 0.2) is 24.3 Å². The summed E-state index contributed by atoms with van der Waals surface area (Å²) in [4.78, 5) is 24.2. The smallest absolute Gasteiger partial charge is 0.340 e. The molecule has 0 aliphatic carbocycles. The van der Waals surface area contributed by atoms with Crippen LogP contribution >= 0.6 is 23.2 Å². The van der Waals surface area contributed by atoms with Gasteiger partial charge in [-0.15, -0.1) is 0 Å². The average molecular weight is 383 g/mol. The van der Waals surface area contributed by atoms with E-state index in [1.807, 2.05) is 32.3 Å². The second-order valence-electron chi connectivity index (χ2n) is 6.00. The van der Waals surface area contributed by atoms with Gasteiger partial charge in [0.1, 0.15) is 0 Å². The average Bonchev–Trinajstić information content (AvgIpc) is 2.82. The van der Waals surface area contributed by atoms with Crippen molar-refractivity contribution in [1.82, 2.24) is 4.57 Å². The normalized spacial score (nSPS) is 10.8. The van der Waals surface area contributed by atoms with Crippen molar-refractivity contribution in [3.63, 3.8) is 0 Å². The Bertz CT molecular complexity index is 813. The van der Waals surface area contributed by atoms with Gasteiger partial charge in [-0.2, -0.15) is 0 Å². The zero-order valence-electron chi connectivity index (χ0n) is 14.5. The third-order valence-corrected chi connectivity index (χ3v) is 4.31.